The number of fused-ring (bicyclic) bond motifs is 1. The van der Waals surface area contributed by atoms with E-state index in [9.17, 15) is 0 Å². The first-order valence-corrected chi connectivity index (χ1v) is 6.50. The van der Waals surface area contributed by atoms with Gasteiger partial charge in [0, 0.05) is 38.7 Å². The van der Waals surface area contributed by atoms with Gasteiger partial charge < -0.3 is 14.8 Å². The molecule has 0 amide bonds. The summed E-state index contributed by atoms with van der Waals surface area (Å²) >= 11 is 0. The second kappa shape index (κ2) is 5.56. The van der Waals surface area contributed by atoms with E-state index in [0.29, 0.717) is 5.82 Å². The number of methoxy groups -OCH3 is 2. The van der Waals surface area contributed by atoms with E-state index in [4.69, 9.17) is 9.47 Å². The lowest BCUT2D eigenvalue weighted by molar-refractivity contribution is -0.135. The lowest BCUT2D eigenvalue weighted by Crippen LogP contribution is -2.34. The van der Waals surface area contributed by atoms with Crippen LogP contribution >= 0.6 is 0 Å². The standard InChI is InChI=1S/C13H17N5O2/c1-19-12(20-2)10-5-8-15-13-16-11(17-18(10)13)9-3-6-14-7-4-9/h3-4,6-7,10,12H,5,8H2,1-2H3,(H,15,16,17). The molecule has 2 aromatic rings. The Morgan fingerprint density at radius 2 is 2.05 bits per heavy atom. The lowest BCUT2D eigenvalue weighted by atomic mass is 10.2. The molecule has 1 atom stereocenters. The van der Waals surface area contributed by atoms with Gasteiger partial charge in [0.1, 0.15) is 6.04 Å². The highest BCUT2D eigenvalue weighted by molar-refractivity contribution is 5.55. The molecule has 0 saturated heterocycles. The van der Waals surface area contributed by atoms with E-state index in [1.54, 1.807) is 26.6 Å². The van der Waals surface area contributed by atoms with Gasteiger partial charge in [0.05, 0.1) is 0 Å². The number of ether oxygens (including phenoxy) is 2. The van der Waals surface area contributed by atoms with Crippen LogP contribution in [-0.4, -0.2) is 46.8 Å². The van der Waals surface area contributed by atoms with Crippen LogP contribution in [0.4, 0.5) is 5.95 Å². The second-order valence-corrected chi connectivity index (χ2v) is 4.56. The number of nitrogens with zero attached hydrogens (tertiary/aromatic N) is 4. The Bertz CT molecular complexity index is 567. The third kappa shape index (κ3) is 2.25. The molecule has 1 aliphatic heterocycles. The van der Waals surface area contributed by atoms with Crippen LogP contribution in [0.15, 0.2) is 24.5 Å². The smallest absolute Gasteiger partial charge is 0.222 e. The molecule has 106 valence electrons. The maximum atomic E-state index is 5.36. The molecule has 2 aromatic heterocycles. The number of nitrogens with one attached hydrogen (secondary N) is 1. The van der Waals surface area contributed by atoms with E-state index >= 15 is 0 Å². The summed E-state index contributed by atoms with van der Waals surface area (Å²) in [5.41, 5.74) is 0.939. The highest BCUT2D eigenvalue weighted by Gasteiger charge is 2.30. The normalized spacial score (nSPS) is 17.9. The molecule has 7 nitrogen and oxygen atoms in total. The van der Waals surface area contributed by atoms with Crippen LogP contribution in [0.1, 0.15) is 12.5 Å². The zero-order chi connectivity index (χ0) is 13.9. The number of rotatable bonds is 4. The lowest BCUT2D eigenvalue weighted by Gasteiger charge is -2.29. The second-order valence-electron chi connectivity index (χ2n) is 4.56. The van der Waals surface area contributed by atoms with E-state index in [0.717, 1.165) is 24.5 Å². The van der Waals surface area contributed by atoms with E-state index < -0.39 is 0 Å². The molecule has 1 N–H and O–H groups in total. The molecule has 0 bridgehead atoms. The van der Waals surface area contributed by atoms with Crippen molar-refractivity contribution in [2.75, 3.05) is 26.1 Å². The molecule has 0 fully saturated rings. The third-order valence-corrected chi connectivity index (χ3v) is 3.39. The number of aromatic nitrogens is 4. The van der Waals surface area contributed by atoms with Gasteiger partial charge in [-0.15, -0.1) is 5.10 Å². The Labute approximate surface area is 116 Å². The van der Waals surface area contributed by atoms with Crippen LogP contribution in [-0.2, 0) is 9.47 Å². The molecule has 0 spiro atoms. The van der Waals surface area contributed by atoms with E-state index in [1.165, 1.54) is 0 Å². The van der Waals surface area contributed by atoms with Crippen molar-refractivity contribution in [2.45, 2.75) is 18.8 Å². The number of hydrogen-bond donors (Lipinski definition) is 1. The Morgan fingerprint density at radius 3 is 2.75 bits per heavy atom. The Hall–Kier alpha value is -1.99. The first-order chi connectivity index (χ1) is 9.83. The molecule has 7 heteroatoms. The molecule has 1 unspecified atom stereocenters. The van der Waals surface area contributed by atoms with Gasteiger partial charge in [-0.1, -0.05) is 0 Å². The quantitative estimate of drug-likeness (QED) is 0.848. The van der Waals surface area contributed by atoms with Gasteiger partial charge >= 0.3 is 0 Å². The molecular weight excluding hydrogens is 258 g/mol. The van der Waals surface area contributed by atoms with Crippen LogP contribution in [0.2, 0.25) is 0 Å². The summed E-state index contributed by atoms with van der Waals surface area (Å²) in [6.45, 7) is 0.822. The largest absolute Gasteiger partial charge is 0.354 e. The summed E-state index contributed by atoms with van der Waals surface area (Å²) in [6.07, 6.45) is 4.00. The van der Waals surface area contributed by atoms with Crippen LogP contribution < -0.4 is 5.32 Å². The number of pyridine rings is 1. The predicted octanol–water partition coefficient (Wildman–Crippen LogP) is 1.32. The predicted molar refractivity (Wildman–Crippen MR) is 73.2 cm³/mol. The van der Waals surface area contributed by atoms with Gasteiger partial charge in [-0.2, -0.15) is 4.98 Å². The van der Waals surface area contributed by atoms with Crippen molar-refractivity contribution >= 4 is 5.95 Å². The summed E-state index contributed by atoms with van der Waals surface area (Å²) in [5, 5.41) is 7.82. The summed E-state index contributed by atoms with van der Waals surface area (Å²) in [5.74, 6) is 1.42. The van der Waals surface area contributed by atoms with E-state index in [-0.39, 0.29) is 12.3 Å². The van der Waals surface area contributed by atoms with Crippen molar-refractivity contribution in [3.8, 4) is 11.4 Å². The summed E-state index contributed by atoms with van der Waals surface area (Å²) in [4.78, 5) is 8.53. The molecule has 0 saturated carbocycles. The summed E-state index contributed by atoms with van der Waals surface area (Å²) < 4.78 is 12.6. The van der Waals surface area contributed by atoms with Crippen molar-refractivity contribution < 1.29 is 9.47 Å². The van der Waals surface area contributed by atoms with Crippen molar-refractivity contribution in [1.29, 1.82) is 0 Å². The maximum Gasteiger partial charge on any atom is 0.222 e. The Balaban J connectivity index is 1.96. The van der Waals surface area contributed by atoms with E-state index in [1.807, 2.05) is 16.8 Å². The molecule has 3 heterocycles. The number of hydrogen-bond acceptors (Lipinski definition) is 6. The zero-order valence-corrected chi connectivity index (χ0v) is 11.5. The van der Waals surface area contributed by atoms with Gasteiger partial charge in [-0.25, -0.2) is 4.68 Å². The zero-order valence-electron chi connectivity index (χ0n) is 11.5. The molecular formula is C13H17N5O2. The Kier molecular flexibility index (Phi) is 3.62. The maximum absolute atomic E-state index is 5.36. The van der Waals surface area contributed by atoms with Gasteiger partial charge in [-0.3, -0.25) is 4.98 Å². The van der Waals surface area contributed by atoms with Crippen LogP contribution in [0.3, 0.4) is 0 Å². The van der Waals surface area contributed by atoms with Crippen LogP contribution in [0.5, 0.6) is 0 Å². The van der Waals surface area contributed by atoms with Crippen LogP contribution in [0, 0.1) is 0 Å². The molecule has 1 aliphatic rings. The average molecular weight is 275 g/mol. The van der Waals surface area contributed by atoms with Crippen LogP contribution in [0.25, 0.3) is 11.4 Å². The average Bonchev–Trinajstić information content (AvgIpc) is 2.94. The first kappa shape index (κ1) is 13.0. The summed E-state index contributed by atoms with van der Waals surface area (Å²) in [7, 11) is 3.27. The fourth-order valence-electron chi connectivity index (χ4n) is 2.41. The topological polar surface area (TPSA) is 74.1 Å². The van der Waals surface area contributed by atoms with Gasteiger partial charge in [0.15, 0.2) is 12.1 Å². The minimum atomic E-state index is -0.331. The SMILES string of the molecule is COC(OC)C1CCNc2nc(-c3ccncc3)nn21. The molecule has 0 radical (unpaired) electrons. The number of anilines is 1. The monoisotopic (exact) mass is 275 g/mol. The molecule has 0 aliphatic carbocycles. The van der Waals surface area contributed by atoms with Crippen molar-refractivity contribution in [3.63, 3.8) is 0 Å². The molecule has 3 rings (SSSR count). The van der Waals surface area contributed by atoms with Gasteiger partial charge in [-0.05, 0) is 18.6 Å². The Morgan fingerprint density at radius 1 is 1.30 bits per heavy atom. The van der Waals surface area contributed by atoms with Crippen molar-refractivity contribution in [3.05, 3.63) is 24.5 Å². The first-order valence-electron chi connectivity index (χ1n) is 6.50. The minimum Gasteiger partial charge on any atom is -0.354 e. The fraction of sp³-hybridized carbons (Fsp3) is 0.462. The minimum absolute atomic E-state index is 0.0179. The van der Waals surface area contributed by atoms with Gasteiger partial charge in [0.2, 0.25) is 5.95 Å². The van der Waals surface area contributed by atoms with E-state index in [2.05, 4.69) is 20.4 Å². The molecule has 20 heavy (non-hydrogen) atoms. The highest BCUT2D eigenvalue weighted by Crippen LogP contribution is 2.28. The highest BCUT2D eigenvalue weighted by atomic mass is 16.7. The fourth-order valence-corrected chi connectivity index (χ4v) is 2.41. The van der Waals surface area contributed by atoms with Gasteiger partial charge in [0.25, 0.3) is 0 Å². The van der Waals surface area contributed by atoms with Crippen molar-refractivity contribution in [1.82, 2.24) is 19.7 Å². The van der Waals surface area contributed by atoms with Crippen molar-refractivity contribution in [2.24, 2.45) is 0 Å². The molecule has 0 aromatic carbocycles. The third-order valence-electron chi connectivity index (χ3n) is 3.39. The summed E-state index contributed by atoms with van der Waals surface area (Å²) in [6, 6.07) is 3.80.